The second-order valence-electron chi connectivity index (χ2n) is 12.7. The van der Waals surface area contributed by atoms with Crippen LogP contribution in [0.25, 0.3) is 0 Å². The quantitative estimate of drug-likeness (QED) is 0.330. The Morgan fingerprint density at radius 3 is 2.38 bits per heavy atom. The second-order valence-corrected chi connectivity index (χ2v) is 14.6. The number of fused-ring (bicyclic) bond motifs is 2. The van der Waals surface area contributed by atoms with Gasteiger partial charge in [-0.25, -0.2) is 17.9 Å². The third-order valence-electron chi connectivity index (χ3n) is 8.70. The number of benzene rings is 2. The molecular formula is C34H48N2O8S. The molecule has 4 bridgehead atoms. The first kappa shape index (κ1) is 34.6. The minimum atomic E-state index is -3.78. The molecule has 1 amide bonds. The SMILES string of the molecule is CCCCS(=O)(=O)N[C@H]1Cc2ccc(cc2)OCCCC2CCN(CC2)C(=O)CC(C)(C)c2c(OC)cc(OC)cc2OC1=O. The topological polar surface area (TPSA) is 120 Å². The van der Waals surface area contributed by atoms with Gasteiger partial charge in [0.2, 0.25) is 15.9 Å². The maximum absolute atomic E-state index is 13.9. The molecule has 0 aliphatic carbocycles. The molecule has 0 radical (unpaired) electrons. The lowest BCUT2D eigenvalue weighted by molar-refractivity contribution is -0.136. The number of hydrogen-bond donors (Lipinski definition) is 1. The van der Waals surface area contributed by atoms with E-state index in [1.54, 1.807) is 12.1 Å². The Labute approximate surface area is 267 Å². The van der Waals surface area contributed by atoms with Crippen LogP contribution in [0.3, 0.4) is 0 Å². The summed E-state index contributed by atoms with van der Waals surface area (Å²) in [5.74, 6) is 1.35. The molecule has 1 saturated heterocycles. The van der Waals surface area contributed by atoms with Crippen molar-refractivity contribution in [1.82, 2.24) is 9.62 Å². The molecular weight excluding hydrogens is 596 g/mol. The lowest BCUT2D eigenvalue weighted by Gasteiger charge is -2.35. The van der Waals surface area contributed by atoms with Gasteiger partial charge in [0.25, 0.3) is 0 Å². The fourth-order valence-corrected chi connectivity index (χ4v) is 7.52. The van der Waals surface area contributed by atoms with Crippen LogP contribution in [0.5, 0.6) is 23.0 Å². The predicted octanol–water partition coefficient (Wildman–Crippen LogP) is 5.02. The molecule has 4 aliphatic rings. The van der Waals surface area contributed by atoms with Crippen LogP contribution in [-0.2, 0) is 31.4 Å². The molecule has 4 aliphatic heterocycles. The minimum absolute atomic E-state index is 0.0194. The number of nitrogens with one attached hydrogen (secondary N) is 1. The number of esters is 1. The Morgan fingerprint density at radius 2 is 1.73 bits per heavy atom. The summed E-state index contributed by atoms with van der Waals surface area (Å²) in [6.45, 7) is 7.72. The summed E-state index contributed by atoms with van der Waals surface area (Å²) >= 11 is 0. The molecule has 6 rings (SSSR count). The molecule has 4 heterocycles. The number of methoxy groups -OCH3 is 2. The summed E-state index contributed by atoms with van der Waals surface area (Å²) in [6.07, 6.45) is 5.24. The fraction of sp³-hybridized carbons (Fsp3) is 0.588. The standard InChI is InChI=1S/C34H48N2O8S/c1-6-7-19-45(39,40)35-28-20-25-10-12-26(13-11-25)43-18-8-9-24-14-16-36(17-15-24)31(37)23-34(2,3)32-29(42-5)21-27(41-4)22-30(32)44-33(28)38/h10-13,21-22,24,28,35H,6-9,14-20,23H2,1-5H3/t28-/m0/s1. The molecule has 0 saturated carbocycles. The second kappa shape index (κ2) is 15.3. The lowest BCUT2D eigenvalue weighted by Crippen LogP contribution is -2.45. The molecule has 10 nitrogen and oxygen atoms in total. The largest absolute Gasteiger partial charge is 0.496 e. The number of piperidine rings is 1. The van der Waals surface area contributed by atoms with Crippen LogP contribution < -0.4 is 23.7 Å². The maximum atomic E-state index is 13.9. The van der Waals surface area contributed by atoms with E-state index in [1.807, 2.05) is 49.9 Å². The lowest BCUT2D eigenvalue weighted by atomic mass is 9.79. The van der Waals surface area contributed by atoms with Crippen molar-refractivity contribution in [2.75, 3.05) is 39.7 Å². The average molecular weight is 645 g/mol. The van der Waals surface area contributed by atoms with Gasteiger partial charge in [0, 0.05) is 42.6 Å². The number of rotatable bonds is 7. The van der Waals surface area contributed by atoms with E-state index in [0.717, 1.165) is 31.2 Å². The molecule has 1 fully saturated rings. The van der Waals surface area contributed by atoms with Crippen LogP contribution >= 0.6 is 0 Å². The van der Waals surface area contributed by atoms with Gasteiger partial charge in [0.15, 0.2) is 0 Å². The highest BCUT2D eigenvalue weighted by Crippen LogP contribution is 2.44. The number of nitrogens with zero attached hydrogens (tertiary/aromatic N) is 1. The number of unbranched alkanes of at least 4 members (excludes halogenated alkanes) is 1. The van der Waals surface area contributed by atoms with E-state index in [4.69, 9.17) is 18.9 Å². The minimum Gasteiger partial charge on any atom is -0.496 e. The Bertz CT molecular complexity index is 1420. The predicted molar refractivity (Wildman–Crippen MR) is 173 cm³/mol. The fourth-order valence-electron chi connectivity index (χ4n) is 6.12. The van der Waals surface area contributed by atoms with E-state index in [9.17, 15) is 18.0 Å². The zero-order valence-electron chi connectivity index (χ0n) is 27.2. The zero-order valence-corrected chi connectivity index (χ0v) is 28.0. The number of sulfonamides is 1. The highest BCUT2D eigenvalue weighted by molar-refractivity contribution is 7.89. The van der Waals surface area contributed by atoms with Gasteiger partial charge >= 0.3 is 5.97 Å². The van der Waals surface area contributed by atoms with Gasteiger partial charge in [-0.2, -0.15) is 0 Å². The van der Waals surface area contributed by atoms with Crippen molar-refractivity contribution < 1.29 is 37.0 Å². The highest BCUT2D eigenvalue weighted by atomic mass is 32.2. The van der Waals surface area contributed by atoms with Gasteiger partial charge in [-0.3, -0.25) is 4.79 Å². The maximum Gasteiger partial charge on any atom is 0.329 e. The summed E-state index contributed by atoms with van der Waals surface area (Å²) in [6, 6.07) is 9.42. The van der Waals surface area contributed by atoms with Gasteiger partial charge in [0.1, 0.15) is 29.0 Å². The Balaban J connectivity index is 1.75. The smallest absolute Gasteiger partial charge is 0.329 e. The zero-order chi connectivity index (χ0) is 32.6. The van der Waals surface area contributed by atoms with Crippen LogP contribution in [0.15, 0.2) is 36.4 Å². The van der Waals surface area contributed by atoms with Crippen molar-refractivity contribution in [2.24, 2.45) is 5.92 Å². The molecule has 1 N–H and O–H groups in total. The molecule has 0 aromatic heterocycles. The summed E-state index contributed by atoms with van der Waals surface area (Å²) < 4.78 is 51.8. The van der Waals surface area contributed by atoms with Crippen LogP contribution in [-0.4, -0.2) is 70.9 Å². The van der Waals surface area contributed by atoms with E-state index >= 15 is 0 Å². The van der Waals surface area contributed by atoms with Crippen molar-refractivity contribution in [3.05, 3.63) is 47.5 Å². The summed E-state index contributed by atoms with van der Waals surface area (Å²) in [5.41, 5.74) is 0.472. The normalized spacial score (nSPS) is 20.1. The molecule has 45 heavy (non-hydrogen) atoms. The van der Waals surface area contributed by atoms with Crippen LogP contribution in [0.1, 0.15) is 76.8 Å². The van der Waals surface area contributed by atoms with Crippen molar-refractivity contribution in [1.29, 1.82) is 0 Å². The Hall–Kier alpha value is -3.31. The first-order chi connectivity index (χ1) is 21.4. The van der Waals surface area contributed by atoms with Crippen molar-refractivity contribution in [3.63, 3.8) is 0 Å². The average Bonchev–Trinajstić information content (AvgIpc) is 3.01. The van der Waals surface area contributed by atoms with Gasteiger partial charge in [-0.15, -0.1) is 0 Å². The van der Waals surface area contributed by atoms with Gasteiger partial charge < -0.3 is 23.8 Å². The number of hydrogen-bond acceptors (Lipinski definition) is 8. The molecule has 0 unspecified atom stereocenters. The molecule has 0 spiro atoms. The van der Waals surface area contributed by atoms with E-state index in [1.165, 1.54) is 14.2 Å². The van der Waals surface area contributed by atoms with Gasteiger partial charge in [0.05, 0.1) is 26.6 Å². The molecule has 248 valence electrons. The molecule has 2 aromatic rings. The summed E-state index contributed by atoms with van der Waals surface area (Å²) in [7, 11) is -0.780. The van der Waals surface area contributed by atoms with Crippen LogP contribution in [0.4, 0.5) is 0 Å². The first-order valence-electron chi connectivity index (χ1n) is 15.9. The van der Waals surface area contributed by atoms with Crippen molar-refractivity contribution in [3.8, 4) is 23.0 Å². The highest BCUT2D eigenvalue weighted by Gasteiger charge is 2.36. The van der Waals surface area contributed by atoms with Crippen molar-refractivity contribution in [2.45, 2.75) is 83.6 Å². The first-order valence-corrected chi connectivity index (χ1v) is 17.6. The van der Waals surface area contributed by atoms with Gasteiger partial charge in [-0.1, -0.05) is 39.3 Å². The molecule has 1 atom stereocenters. The third-order valence-corrected chi connectivity index (χ3v) is 10.2. The Morgan fingerprint density at radius 1 is 1.02 bits per heavy atom. The number of carbonyl (C=O) groups excluding carboxylic acids is 2. The number of amides is 1. The number of ether oxygens (including phenoxy) is 4. The van der Waals surface area contributed by atoms with E-state index < -0.39 is 27.4 Å². The monoisotopic (exact) mass is 644 g/mol. The van der Waals surface area contributed by atoms with Crippen LogP contribution in [0, 0.1) is 5.92 Å². The van der Waals surface area contributed by atoms with E-state index in [0.29, 0.717) is 61.3 Å². The number of carbonyl (C=O) groups is 2. The summed E-state index contributed by atoms with van der Waals surface area (Å²) in [4.78, 5) is 29.4. The Kier molecular flexibility index (Phi) is 11.8. The van der Waals surface area contributed by atoms with E-state index in [2.05, 4.69) is 4.72 Å². The van der Waals surface area contributed by atoms with Crippen molar-refractivity contribution >= 4 is 21.9 Å². The van der Waals surface area contributed by atoms with Gasteiger partial charge in [-0.05, 0) is 62.1 Å². The van der Waals surface area contributed by atoms with E-state index in [-0.39, 0.29) is 30.3 Å². The molecule has 11 heteroatoms. The summed E-state index contributed by atoms with van der Waals surface area (Å²) in [5, 5.41) is 0. The van der Waals surface area contributed by atoms with Crippen LogP contribution in [0.2, 0.25) is 0 Å². The molecule has 2 aromatic carbocycles. The third kappa shape index (κ3) is 9.36.